The fraction of sp³-hybridized carbons (Fsp3) is 0.235. The fourth-order valence-electron chi connectivity index (χ4n) is 2.41. The summed E-state index contributed by atoms with van der Waals surface area (Å²) in [6.07, 6.45) is 0.379. The van der Waals surface area contributed by atoms with Crippen molar-refractivity contribution in [3.05, 3.63) is 54.1 Å². The number of carbonyl (C=O) groups excluding carboxylic acids is 1. The van der Waals surface area contributed by atoms with Crippen LogP contribution in [0.5, 0.6) is 5.75 Å². The van der Waals surface area contributed by atoms with E-state index in [0.29, 0.717) is 13.0 Å². The van der Waals surface area contributed by atoms with Crippen molar-refractivity contribution in [3.63, 3.8) is 0 Å². The highest BCUT2D eigenvalue weighted by Crippen LogP contribution is 2.33. The number of anilines is 2. The highest BCUT2D eigenvalue weighted by Gasteiger charge is 2.15. The summed E-state index contributed by atoms with van der Waals surface area (Å²) < 4.78 is 5.60. The van der Waals surface area contributed by atoms with Crippen molar-refractivity contribution in [2.45, 2.75) is 6.42 Å². The molecule has 1 aliphatic heterocycles. The molecule has 0 saturated carbocycles. The molecule has 0 saturated heterocycles. The van der Waals surface area contributed by atoms with Crippen LogP contribution in [-0.2, 0) is 11.2 Å². The van der Waals surface area contributed by atoms with Gasteiger partial charge in [-0.3, -0.25) is 4.79 Å². The molecule has 0 spiro atoms. The van der Waals surface area contributed by atoms with Gasteiger partial charge in [0, 0.05) is 12.7 Å². The fourth-order valence-corrected chi connectivity index (χ4v) is 2.41. The van der Waals surface area contributed by atoms with E-state index in [1.54, 1.807) is 0 Å². The number of nitrogens with one attached hydrogen (secondary N) is 1. The first-order valence-corrected chi connectivity index (χ1v) is 7.04. The first-order valence-electron chi connectivity index (χ1n) is 7.04. The van der Waals surface area contributed by atoms with E-state index < -0.39 is 0 Å². The smallest absolute Gasteiger partial charge is 0.228 e. The van der Waals surface area contributed by atoms with Crippen molar-refractivity contribution < 1.29 is 9.53 Å². The van der Waals surface area contributed by atoms with Crippen LogP contribution in [0.4, 0.5) is 11.4 Å². The molecule has 1 N–H and O–H groups in total. The number of nitrogens with zero attached hydrogens (tertiary/aromatic N) is 1. The standard InChI is InChI=1S/C17H18N2O2/c1-19-9-10-21-16-8-7-14(12-15(16)19)18-17(20)11-13-5-3-2-4-6-13/h2-8,12H,9-11H2,1H3,(H,18,20). The molecular weight excluding hydrogens is 264 g/mol. The van der Waals surface area contributed by atoms with Gasteiger partial charge >= 0.3 is 0 Å². The number of ether oxygens (including phenoxy) is 1. The summed E-state index contributed by atoms with van der Waals surface area (Å²) in [5, 5.41) is 2.94. The van der Waals surface area contributed by atoms with Crippen LogP contribution in [0.2, 0.25) is 0 Å². The zero-order valence-electron chi connectivity index (χ0n) is 12.0. The molecule has 0 radical (unpaired) electrons. The van der Waals surface area contributed by atoms with Crippen molar-refractivity contribution >= 4 is 17.3 Å². The lowest BCUT2D eigenvalue weighted by atomic mass is 10.1. The molecule has 2 aromatic rings. The van der Waals surface area contributed by atoms with E-state index in [2.05, 4.69) is 10.2 Å². The second kappa shape index (κ2) is 5.87. The van der Waals surface area contributed by atoms with Gasteiger partial charge in [-0.05, 0) is 23.8 Å². The molecule has 0 fully saturated rings. The second-order valence-electron chi connectivity index (χ2n) is 5.16. The Kier molecular flexibility index (Phi) is 3.77. The highest BCUT2D eigenvalue weighted by molar-refractivity contribution is 5.93. The Morgan fingerprint density at radius 3 is 2.86 bits per heavy atom. The normalized spacial score (nSPS) is 13.3. The van der Waals surface area contributed by atoms with Gasteiger partial charge in [0.25, 0.3) is 0 Å². The van der Waals surface area contributed by atoms with E-state index >= 15 is 0 Å². The first-order chi connectivity index (χ1) is 10.2. The lowest BCUT2D eigenvalue weighted by Gasteiger charge is -2.28. The van der Waals surface area contributed by atoms with Gasteiger partial charge in [0.05, 0.1) is 18.7 Å². The molecule has 4 nitrogen and oxygen atoms in total. The Morgan fingerprint density at radius 2 is 2.05 bits per heavy atom. The van der Waals surface area contributed by atoms with Crippen molar-refractivity contribution in [1.29, 1.82) is 0 Å². The molecular formula is C17H18N2O2. The minimum absolute atomic E-state index is 0.0134. The highest BCUT2D eigenvalue weighted by atomic mass is 16.5. The minimum atomic E-state index is -0.0134. The van der Waals surface area contributed by atoms with Crippen LogP contribution in [-0.4, -0.2) is 26.1 Å². The van der Waals surface area contributed by atoms with E-state index in [4.69, 9.17) is 4.74 Å². The lowest BCUT2D eigenvalue weighted by molar-refractivity contribution is -0.115. The minimum Gasteiger partial charge on any atom is -0.490 e. The molecule has 108 valence electrons. The Labute approximate surface area is 124 Å². The van der Waals surface area contributed by atoms with Crippen molar-refractivity contribution in [2.24, 2.45) is 0 Å². The van der Waals surface area contributed by atoms with E-state index in [1.165, 1.54) is 0 Å². The summed E-state index contributed by atoms with van der Waals surface area (Å²) in [5.74, 6) is 0.852. The van der Waals surface area contributed by atoms with E-state index in [1.807, 2.05) is 55.6 Å². The van der Waals surface area contributed by atoms with Gasteiger partial charge in [-0.25, -0.2) is 0 Å². The molecule has 1 heterocycles. The van der Waals surface area contributed by atoms with Gasteiger partial charge in [-0.2, -0.15) is 0 Å². The van der Waals surface area contributed by atoms with E-state index in [-0.39, 0.29) is 5.91 Å². The van der Waals surface area contributed by atoms with Crippen LogP contribution in [0.15, 0.2) is 48.5 Å². The summed E-state index contributed by atoms with van der Waals surface area (Å²) in [5.41, 5.74) is 2.82. The van der Waals surface area contributed by atoms with Gasteiger partial charge in [-0.15, -0.1) is 0 Å². The monoisotopic (exact) mass is 282 g/mol. The number of hydrogen-bond acceptors (Lipinski definition) is 3. The lowest BCUT2D eigenvalue weighted by Crippen LogP contribution is -2.28. The number of benzene rings is 2. The third-order valence-electron chi connectivity index (χ3n) is 3.55. The maximum atomic E-state index is 12.1. The van der Waals surface area contributed by atoms with Crippen molar-refractivity contribution in [2.75, 3.05) is 30.4 Å². The van der Waals surface area contributed by atoms with Crippen LogP contribution >= 0.6 is 0 Å². The Bertz CT molecular complexity index is 640. The van der Waals surface area contributed by atoms with Crippen LogP contribution in [0.1, 0.15) is 5.56 Å². The van der Waals surface area contributed by atoms with Crippen LogP contribution < -0.4 is 15.0 Å². The molecule has 0 aliphatic carbocycles. The molecule has 0 unspecified atom stereocenters. The Morgan fingerprint density at radius 1 is 1.24 bits per heavy atom. The van der Waals surface area contributed by atoms with Gasteiger partial charge in [0.15, 0.2) is 0 Å². The predicted octanol–water partition coefficient (Wildman–Crippen LogP) is 2.70. The van der Waals surface area contributed by atoms with E-state index in [9.17, 15) is 4.79 Å². The van der Waals surface area contributed by atoms with E-state index in [0.717, 1.165) is 29.2 Å². The maximum Gasteiger partial charge on any atom is 0.228 e. The molecule has 2 aromatic carbocycles. The average molecular weight is 282 g/mol. The van der Waals surface area contributed by atoms with Crippen LogP contribution in [0, 0.1) is 0 Å². The predicted molar refractivity (Wildman–Crippen MR) is 84.0 cm³/mol. The Balaban J connectivity index is 1.70. The quantitative estimate of drug-likeness (QED) is 0.941. The zero-order valence-corrected chi connectivity index (χ0v) is 12.0. The molecule has 0 aromatic heterocycles. The zero-order chi connectivity index (χ0) is 14.7. The summed E-state index contributed by atoms with van der Waals surface area (Å²) in [7, 11) is 2.02. The number of carbonyl (C=O) groups is 1. The summed E-state index contributed by atoms with van der Waals surface area (Å²) in [6.45, 7) is 1.55. The van der Waals surface area contributed by atoms with Gasteiger partial charge in [0.1, 0.15) is 12.4 Å². The van der Waals surface area contributed by atoms with Crippen LogP contribution in [0.25, 0.3) is 0 Å². The maximum absolute atomic E-state index is 12.1. The van der Waals surface area contributed by atoms with Gasteiger partial charge < -0.3 is 15.0 Å². The van der Waals surface area contributed by atoms with Crippen molar-refractivity contribution in [1.82, 2.24) is 0 Å². The second-order valence-corrected chi connectivity index (χ2v) is 5.16. The molecule has 21 heavy (non-hydrogen) atoms. The molecule has 0 atom stereocenters. The molecule has 1 aliphatic rings. The third kappa shape index (κ3) is 3.16. The molecule has 0 bridgehead atoms. The number of fused-ring (bicyclic) bond motifs is 1. The topological polar surface area (TPSA) is 41.6 Å². The number of amides is 1. The van der Waals surface area contributed by atoms with Gasteiger partial charge in [-0.1, -0.05) is 30.3 Å². The average Bonchev–Trinajstić information content (AvgIpc) is 2.49. The summed E-state index contributed by atoms with van der Waals surface area (Å²) in [4.78, 5) is 14.2. The molecule has 3 rings (SSSR count). The third-order valence-corrected chi connectivity index (χ3v) is 3.55. The SMILES string of the molecule is CN1CCOc2ccc(NC(=O)Cc3ccccc3)cc21. The summed E-state index contributed by atoms with van der Waals surface area (Å²) in [6, 6.07) is 15.5. The molecule has 4 heteroatoms. The number of hydrogen-bond donors (Lipinski definition) is 1. The van der Waals surface area contributed by atoms with Gasteiger partial charge in [0.2, 0.25) is 5.91 Å². The summed E-state index contributed by atoms with van der Waals surface area (Å²) >= 11 is 0. The van der Waals surface area contributed by atoms with Crippen molar-refractivity contribution in [3.8, 4) is 5.75 Å². The first kappa shape index (κ1) is 13.5. The van der Waals surface area contributed by atoms with Crippen LogP contribution in [0.3, 0.4) is 0 Å². The number of rotatable bonds is 3. The molecule has 1 amide bonds. The number of likely N-dealkylation sites (N-methyl/N-ethyl adjacent to an activating group) is 1. The Hall–Kier alpha value is -2.49. The largest absolute Gasteiger partial charge is 0.490 e.